The van der Waals surface area contributed by atoms with Gasteiger partial charge in [0.15, 0.2) is 0 Å². The minimum atomic E-state index is -0.765. The zero-order valence-corrected chi connectivity index (χ0v) is 10.7. The number of carboxylic acid groups (broad SMARTS) is 1. The Morgan fingerprint density at radius 1 is 1.33 bits per heavy atom. The summed E-state index contributed by atoms with van der Waals surface area (Å²) in [4.78, 5) is 10.3. The standard InChI is InChI=1S/C13H19NO4/c1-17-11-6-5-10(12(8-11)18-2)9-14-7-3-4-13(15)16/h5-6,8,14H,3-4,7,9H2,1-2H3,(H,15,16). The van der Waals surface area contributed by atoms with Gasteiger partial charge in [-0.05, 0) is 19.0 Å². The van der Waals surface area contributed by atoms with E-state index in [1.165, 1.54) is 0 Å². The molecule has 100 valence electrons. The summed E-state index contributed by atoms with van der Waals surface area (Å²) in [6.45, 7) is 1.31. The van der Waals surface area contributed by atoms with Gasteiger partial charge in [-0.25, -0.2) is 0 Å². The molecule has 0 amide bonds. The van der Waals surface area contributed by atoms with Crippen LogP contribution < -0.4 is 14.8 Å². The number of rotatable bonds is 8. The highest BCUT2D eigenvalue weighted by Crippen LogP contribution is 2.24. The van der Waals surface area contributed by atoms with E-state index in [0.717, 1.165) is 17.1 Å². The summed E-state index contributed by atoms with van der Waals surface area (Å²) in [6.07, 6.45) is 0.806. The van der Waals surface area contributed by atoms with Gasteiger partial charge in [-0.3, -0.25) is 4.79 Å². The minimum Gasteiger partial charge on any atom is -0.497 e. The Morgan fingerprint density at radius 2 is 2.11 bits per heavy atom. The van der Waals surface area contributed by atoms with Crippen LogP contribution in [0.15, 0.2) is 18.2 Å². The van der Waals surface area contributed by atoms with E-state index in [2.05, 4.69) is 5.32 Å². The number of aliphatic carboxylic acids is 1. The average Bonchev–Trinajstić information content (AvgIpc) is 2.38. The van der Waals surface area contributed by atoms with Crippen molar-refractivity contribution in [3.8, 4) is 11.5 Å². The van der Waals surface area contributed by atoms with Crippen LogP contribution in [0.2, 0.25) is 0 Å². The number of nitrogens with one attached hydrogen (secondary N) is 1. The van der Waals surface area contributed by atoms with Crippen molar-refractivity contribution in [2.45, 2.75) is 19.4 Å². The molecule has 2 N–H and O–H groups in total. The quantitative estimate of drug-likeness (QED) is 0.690. The van der Waals surface area contributed by atoms with Crippen LogP contribution in [0.25, 0.3) is 0 Å². The van der Waals surface area contributed by atoms with Crippen molar-refractivity contribution in [1.29, 1.82) is 0 Å². The molecule has 0 aliphatic carbocycles. The summed E-state index contributed by atoms with van der Waals surface area (Å²) in [7, 11) is 3.22. The molecule has 5 nitrogen and oxygen atoms in total. The Hall–Kier alpha value is -1.75. The first-order valence-corrected chi connectivity index (χ1v) is 5.80. The predicted molar refractivity (Wildman–Crippen MR) is 68.1 cm³/mol. The van der Waals surface area contributed by atoms with Crippen molar-refractivity contribution in [2.24, 2.45) is 0 Å². The van der Waals surface area contributed by atoms with Gasteiger partial charge in [0.05, 0.1) is 14.2 Å². The molecule has 0 spiro atoms. The molecule has 18 heavy (non-hydrogen) atoms. The third-order valence-corrected chi connectivity index (χ3v) is 2.55. The second-order valence-corrected chi connectivity index (χ2v) is 3.85. The maximum absolute atomic E-state index is 10.3. The van der Waals surface area contributed by atoms with Crippen molar-refractivity contribution in [2.75, 3.05) is 20.8 Å². The van der Waals surface area contributed by atoms with Gasteiger partial charge >= 0.3 is 5.97 Å². The smallest absolute Gasteiger partial charge is 0.303 e. The van der Waals surface area contributed by atoms with Crippen LogP contribution in [0.5, 0.6) is 11.5 Å². The lowest BCUT2D eigenvalue weighted by atomic mass is 10.2. The van der Waals surface area contributed by atoms with Crippen molar-refractivity contribution in [3.05, 3.63) is 23.8 Å². The molecule has 0 fully saturated rings. The largest absolute Gasteiger partial charge is 0.497 e. The molecule has 1 aromatic carbocycles. The minimum absolute atomic E-state index is 0.187. The van der Waals surface area contributed by atoms with Crippen LogP contribution in [0.4, 0.5) is 0 Å². The molecule has 0 aliphatic heterocycles. The number of ether oxygens (including phenoxy) is 2. The number of hydrogen-bond acceptors (Lipinski definition) is 4. The van der Waals surface area contributed by atoms with Gasteiger partial charge in [0.25, 0.3) is 0 Å². The molecule has 0 unspecified atom stereocenters. The first-order chi connectivity index (χ1) is 8.67. The number of methoxy groups -OCH3 is 2. The Bertz CT molecular complexity index is 393. The molecular formula is C13H19NO4. The Balaban J connectivity index is 2.44. The maximum Gasteiger partial charge on any atom is 0.303 e. The van der Waals surface area contributed by atoms with E-state index >= 15 is 0 Å². The lowest BCUT2D eigenvalue weighted by Gasteiger charge is -2.11. The third-order valence-electron chi connectivity index (χ3n) is 2.55. The van der Waals surface area contributed by atoms with Crippen LogP contribution in [-0.4, -0.2) is 31.8 Å². The molecule has 0 aliphatic rings. The normalized spacial score (nSPS) is 10.1. The van der Waals surface area contributed by atoms with E-state index in [0.29, 0.717) is 19.5 Å². The fraction of sp³-hybridized carbons (Fsp3) is 0.462. The summed E-state index contributed by atoms with van der Waals surface area (Å²) in [5.41, 5.74) is 1.02. The first kappa shape index (κ1) is 14.3. The van der Waals surface area contributed by atoms with E-state index in [9.17, 15) is 4.79 Å². The highest BCUT2D eigenvalue weighted by molar-refractivity contribution is 5.66. The fourth-order valence-electron chi connectivity index (χ4n) is 1.59. The Labute approximate surface area is 107 Å². The van der Waals surface area contributed by atoms with Gasteiger partial charge in [0, 0.05) is 24.6 Å². The molecule has 5 heteroatoms. The van der Waals surface area contributed by atoms with Gasteiger partial charge < -0.3 is 19.9 Å². The van der Waals surface area contributed by atoms with Crippen LogP contribution in [0.1, 0.15) is 18.4 Å². The number of benzene rings is 1. The predicted octanol–water partition coefficient (Wildman–Crippen LogP) is 1.66. The van der Waals surface area contributed by atoms with Gasteiger partial charge in [0.2, 0.25) is 0 Å². The molecule has 0 heterocycles. The lowest BCUT2D eigenvalue weighted by molar-refractivity contribution is -0.137. The third kappa shape index (κ3) is 4.63. The molecular weight excluding hydrogens is 234 g/mol. The van der Waals surface area contributed by atoms with Crippen LogP contribution >= 0.6 is 0 Å². The molecule has 1 rings (SSSR count). The number of carbonyl (C=O) groups is 1. The second kappa shape index (κ2) is 7.55. The van der Waals surface area contributed by atoms with Crippen LogP contribution in [0, 0.1) is 0 Å². The van der Waals surface area contributed by atoms with Crippen molar-refractivity contribution >= 4 is 5.97 Å². The summed E-state index contributed by atoms with van der Waals surface area (Å²) >= 11 is 0. The maximum atomic E-state index is 10.3. The number of hydrogen-bond donors (Lipinski definition) is 2. The molecule has 0 saturated heterocycles. The van der Waals surface area contributed by atoms with Gasteiger partial charge in [0.1, 0.15) is 11.5 Å². The van der Waals surface area contributed by atoms with Gasteiger partial charge in [-0.15, -0.1) is 0 Å². The van der Waals surface area contributed by atoms with E-state index in [1.807, 2.05) is 18.2 Å². The molecule has 0 radical (unpaired) electrons. The van der Waals surface area contributed by atoms with Gasteiger partial charge in [-0.2, -0.15) is 0 Å². The van der Waals surface area contributed by atoms with E-state index in [1.54, 1.807) is 14.2 Å². The monoisotopic (exact) mass is 253 g/mol. The average molecular weight is 253 g/mol. The molecule has 0 atom stereocenters. The Kier molecular flexibility index (Phi) is 6.00. The highest BCUT2D eigenvalue weighted by atomic mass is 16.5. The van der Waals surface area contributed by atoms with Crippen molar-refractivity contribution in [3.63, 3.8) is 0 Å². The second-order valence-electron chi connectivity index (χ2n) is 3.85. The SMILES string of the molecule is COc1ccc(CNCCCC(=O)O)c(OC)c1. The Morgan fingerprint density at radius 3 is 2.72 bits per heavy atom. The topological polar surface area (TPSA) is 67.8 Å². The lowest BCUT2D eigenvalue weighted by Crippen LogP contribution is -2.16. The summed E-state index contributed by atoms with van der Waals surface area (Å²) in [6, 6.07) is 5.63. The molecule has 0 aromatic heterocycles. The molecule has 0 saturated carbocycles. The first-order valence-electron chi connectivity index (χ1n) is 5.80. The van der Waals surface area contributed by atoms with E-state index < -0.39 is 5.97 Å². The summed E-state index contributed by atoms with van der Waals surface area (Å²) < 4.78 is 10.4. The van der Waals surface area contributed by atoms with Crippen molar-refractivity contribution in [1.82, 2.24) is 5.32 Å². The van der Waals surface area contributed by atoms with E-state index in [4.69, 9.17) is 14.6 Å². The van der Waals surface area contributed by atoms with E-state index in [-0.39, 0.29) is 6.42 Å². The summed E-state index contributed by atoms with van der Waals surface area (Å²) in [5, 5.41) is 11.7. The molecule has 1 aromatic rings. The van der Waals surface area contributed by atoms with Crippen molar-refractivity contribution < 1.29 is 19.4 Å². The number of carboxylic acids is 1. The van der Waals surface area contributed by atoms with Crippen LogP contribution in [0.3, 0.4) is 0 Å². The van der Waals surface area contributed by atoms with Crippen LogP contribution in [-0.2, 0) is 11.3 Å². The zero-order valence-electron chi connectivity index (χ0n) is 10.7. The van der Waals surface area contributed by atoms with Gasteiger partial charge in [-0.1, -0.05) is 6.07 Å². The fourth-order valence-corrected chi connectivity index (χ4v) is 1.59. The zero-order chi connectivity index (χ0) is 13.4. The summed E-state index contributed by atoms with van der Waals surface area (Å²) in [5.74, 6) is 0.750. The molecule has 0 bridgehead atoms. The highest BCUT2D eigenvalue weighted by Gasteiger charge is 2.04.